The third-order valence-electron chi connectivity index (χ3n) is 6.81. The molecule has 27 heavy (non-hydrogen) atoms. The Labute approximate surface area is 173 Å². The first-order valence-electron chi connectivity index (χ1n) is 10.9. The van der Waals surface area contributed by atoms with Crippen LogP contribution in [0.1, 0.15) is 82.1 Å². The monoisotopic (exact) mass is 412 g/mol. The maximum atomic E-state index is 7.12. The summed E-state index contributed by atoms with van der Waals surface area (Å²) in [6.07, 6.45) is 7.54. The lowest BCUT2D eigenvalue weighted by Gasteiger charge is -2.46. The summed E-state index contributed by atoms with van der Waals surface area (Å²) in [5.41, 5.74) is 1.75. The lowest BCUT2D eigenvalue weighted by Crippen LogP contribution is -2.51. The fraction of sp³-hybridized carbons (Fsp3) is 0.913. The third-order valence-corrected chi connectivity index (χ3v) is 17.5. The summed E-state index contributed by atoms with van der Waals surface area (Å²) >= 11 is 0. The summed E-state index contributed by atoms with van der Waals surface area (Å²) in [4.78, 5) is 0. The number of hydrogen-bond acceptors (Lipinski definition) is 2. The molecule has 0 aliphatic rings. The van der Waals surface area contributed by atoms with Crippen LogP contribution in [0.4, 0.5) is 0 Å². The van der Waals surface area contributed by atoms with Gasteiger partial charge in [-0.25, -0.2) is 0 Å². The van der Waals surface area contributed by atoms with Gasteiger partial charge in [0.1, 0.15) is 0 Å². The van der Waals surface area contributed by atoms with Gasteiger partial charge in [-0.1, -0.05) is 69.2 Å². The largest absolute Gasteiger partial charge is 0.417 e. The van der Waals surface area contributed by atoms with Crippen LogP contribution in [0.15, 0.2) is 0 Å². The van der Waals surface area contributed by atoms with Crippen molar-refractivity contribution in [2.45, 2.75) is 123 Å². The molecule has 0 fully saturated rings. The highest BCUT2D eigenvalue weighted by Gasteiger charge is 2.47. The van der Waals surface area contributed by atoms with Gasteiger partial charge in [0.2, 0.25) is 8.32 Å². The zero-order chi connectivity index (χ0) is 21.6. The molecule has 0 radical (unpaired) electrons. The second-order valence-corrected chi connectivity index (χ2v) is 21.0. The molecule has 0 aliphatic heterocycles. The van der Waals surface area contributed by atoms with Crippen LogP contribution in [0.25, 0.3) is 0 Å². The minimum Gasteiger partial charge on any atom is -0.417 e. The van der Waals surface area contributed by atoms with E-state index in [2.05, 4.69) is 88.3 Å². The fourth-order valence-electron chi connectivity index (χ4n) is 4.09. The van der Waals surface area contributed by atoms with Gasteiger partial charge in [0.15, 0.2) is 8.32 Å². The first kappa shape index (κ1) is 26.9. The predicted octanol–water partition coefficient (Wildman–Crippen LogP) is 7.62. The molecule has 0 heterocycles. The quantitative estimate of drug-likeness (QED) is 0.256. The molecule has 0 aliphatic carbocycles. The standard InChI is InChI=1S/C23H48O2Si2/c1-14-15-21(8)22(16-17-24-26(12,13)23(9,10)11)25-27(18(2)3,19(4)5)20(6)7/h1,18-22H,15-17H2,2-13H3/t21-,22+/m0/s1. The van der Waals surface area contributed by atoms with Crippen molar-refractivity contribution >= 4 is 16.6 Å². The van der Waals surface area contributed by atoms with Gasteiger partial charge in [-0.3, -0.25) is 0 Å². The average Bonchev–Trinajstić information content (AvgIpc) is 2.48. The molecule has 0 amide bonds. The Morgan fingerprint density at radius 1 is 0.889 bits per heavy atom. The van der Waals surface area contributed by atoms with Crippen molar-refractivity contribution in [3.05, 3.63) is 0 Å². The van der Waals surface area contributed by atoms with Gasteiger partial charge in [-0.05, 0) is 47.1 Å². The molecule has 0 bridgehead atoms. The van der Waals surface area contributed by atoms with E-state index < -0.39 is 16.6 Å². The van der Waals surface area contributed by atoms with Crippen molar-refractivity contribution in [3.63, 3.8) is 0 Å². The average molecular weight is 413 g/mol. The SMILES string of the molecule is C#CC[C@H](C)[C@@H](CCO[Si](C)(C)C(C)(C)C)O[Si](C(C)C)(C(C)C)C(C)C. The van der Waals surface area contributed by atoms with E-state index in [1.165, 1.54) is 0 Å². The molecule has 2 atom stereocenters. The molecule has 4 heteroatoms. The van der Waals surface area contributed by atoms with Crippen LogP contribution in [0.3, 0.4) is 0 Å². The van der Waals surface area contributed by atoms with Crippen LogP contribution >= 0.6 is 0 Å². The van der Waals surface area contributed by atoms with Crippen molar-refractivity contribution in [3.8, 4) is 12.3 Å². The van der Waals surface area contributed by atoms with Gasteiger partial charge in [0, 0.05) is 13.0 Å². The van der Waals surface area contributed by atoms with Crippen molar-refractivity contribution in [2.24, 2.45) is 5.92 Å². The van der Waals surface area contributed by atoms with Crippen molar-refractivity contribution in [1.82, 2.24) is 0 Å². The number of terminal acetylenes is 1. The van der Waals surface area contributed by atoms with E-state index in [1.807, 2.05) is 0 Å². The fourth-order valence-corrected chi connectivity index (χ4v) is 10.8. The highest BCUT2D eigenvalue weighted by atomic mass is 28.4. The summed E-state index contributed by atoms with van der Waals surface area (Å²) in [5, 5.41) is 0.236. The maximum Gasteiger partial charge on any atom is 0.200 e. The van der Waals surface area contributed by atoms with Gasteiger partial charge in [-0.2, -0.15) is 0 Å². The highest BCUT2D eigenvalue weighted by Crippen LogP contribution is 2.44. The van der Waals surface area contributed by atoms with Crippen LogP contribution in [-0.2, 0) is 8.85 Å². The molecule has 0 saturated carbocycles. The van der Waals surface area contributed by atoms with Crippen molar-refractivity contribution in [1.29, 1.82) is 0 Å². The van der Waals surface area contributed by atoms with E-state index in [9.17, 15) is 0 Å². The van der Waals surface area contributed by atoms with Crippen LogP contribution in [-0.4, -0.2) is 29.3 Å². The van der Waals surface area contributed by atoms with Gasteiger partial charge >= 0.3 is 0 Å². The van der Waals surface area contributed by atoms with Crippen LogP contribution in [0.2, 0.25) is 34.8 Å². The number of rotatable bonds is 11. The first-order valence-corrected chi connectivity index (χ1v) is 15.9. The molecule has 0 unspecified atom stereocenters. The molecule has 0 spiro atoms. The zero-order valence-corrected chi connectivity index (χ0v) is 22.4. The Balaban J connectivity index is 5.46. The van der Waals surface area contributed by atoms with E-state index in [0.29, 0.717) is 22.5 Å². The Morgan fingerprint density at radius 2 is 1.33 bits per heavy atom. The Hall–Kier alpha value is -0.0862. The Morgan fingerprint density at radius 3 is 1.67 bits per heavy atom. The van der Waals surface area contributed by atoms with Crippen LogP contribution in [0.5, 0.6) is 0 Å². The molecular formula is C23H48O2Si2. The minimum atomic E-state index is -1.93. The zero-order valence-electron chi connectivity index (χ0n) is 20.4. The van der Waals surface area contributed by atoms with E-state index in [1.54, 1.807) is 0 Å². The lowest BCUT2D eigenvalue weighted by molar-refractivity contribution is 0.0935. The van der Waals surface area contributed by atoms with Crippen LogP contribution in [0, 0.1) is 18.3 Å². The Kier molecular flexibility index (Phi) is 10.6. The topological polar surface area (TPSA) is 18.5 Å². The Bertz CT molecular complexity index is 448. The summed E-state index contributed by atoms with van der Waals surface area (Å²) in [6.45, 7) is 28.6. The summed E-state index contributed by atoms with van der Waals surface area (Å²) in [6, 6.07) is 0. The smallest absolute Gasteiger partial charge is 0.200 e. The van der Waals surface area contributed by atoms with Crippen molar-refractivity contribution in [2.75, 3.05) is 6.61 Å². The summed E-state index contributed by atoms with van der Waals surface area (Å²) in [7, 11) is -3.66. The van der Waals surface area contributed by atoms with Gasteiger partial charge < -0.3 is 8.85 Å². The van der Waals surface area contributed by atoms with Crippen LogP contribution < -0.4 is 0 Å². The summed E-state index contributed by atoms with van der Waals surface area (Å²) < 4.78 is 13.6. The van der Waals surface area contributed by atoms with Gasteiger partial charge in [0.05, 0.1) is 6.10 Å². The molecule has 160 valence electrons. The van der Waals surface area contributed by atoms with E-state index in [4.69, 9.17) is 15.3 Å². The molecule has 0 aromatic rings. The predicted molar refractivity (Wildman–Crippen MR) is 126 cm³/mol. The minimum absolute atomic E-state index is 0.185. The molecular weight excluding hydrogens is 364 g/mol. The third kappa shape index (κ3) is 7.03. The lowest BCUT2D eigenvalue weighted by atomic mass is 9.99. The molecule has 0 N–H and O–H groups in total. The maximum absolute atomic E-state index is 7.12. The number of hydrogen-bond donors (Lipinski definition) is 0. The highest BCUT2D eigenvalue weighted by molar-refractivity contribution is 6.77. The normalized spacial score (nSPS) is 16.1. The van der Waals surface area contributed by atoms with E-state index >= 15 is 0 Å². The molecule has 0 rings (SSSR count). The molecule has 0 aromatic carbocycles. The first-order chi connectivity index (χ1) is 12.1. The molecule has 0 saturated heterocycles. The van der Waals surface area contributed by atoms with Gasteiger partial charge in [0.25, 0.3) is 0 Å². The molecule has 0 aromatic heterocycles. The van der Waals surface area contributed by atoms with E-state index in [-0.39, 0.29) is 11.1 Å². The van der Waals surface area contributed by atoms with Gasteiger partial charge in [-0.15, -0.1) is 12.3 Å². The molecule has 2 nitrogen and oxygen atoms in total. The van der Waals surface area contributed by atoms with Crippen molar-refractivity contribution < 1.29 is 8.85 Å². The second kappa shape index (κ2) is 10.6. The second-order valence-electron chi connectivity index (χ2n) is 10.8. The summed E-state index contributed by atoms with van der Waals surface area (Å²) in [5.74, 6) is 3.22. The van der Waals surface area contributed by atoms with E-state index in [0.717, 1.165) is 19.4 Å².